The minimum absolute atomic E-state index is 0. The van der Waals surface area contributed by atoms with E-state index >= 15 is 0 Å². The van der Waals surface area contributed by atoms with Gasteiger partial charge in [0.15, 0.2) is 0 Å². The summed E-state index contributed by atoms with van der Waals surface area (Å²) in [7, 11) is -6.62. The molecule has 0 aromatic heterocycles. The van der Waals surface area contributed by atoms with E-state index in [1.54, 1.807) is 0 Å². The van der Waals surface area contributed by atoms with Crippen molar-refractivity contribution in [3.8, 4) is 0 Å². The number of hydrogen-bond acceptors (Lipinski definition) is 0. The summed E-state index contributed by atoms with van der Waals surface area (Å²) in [5.74, 6) is 0. The summed E-state index contributed by atoms with van der Waals surface area (Å²) in [6.45, 7) is 4.64. The summed E-state index contributed by atoms with van der Waals surface area (Å²) < 4.78 is 0. The highest BCUT2D eigenvalue weighted by molar-refractivity contribution is 14.0. The van der Waals surface area contributed by atoms with Crippen LogP contribution in [0.1, 0.15) is 25.0 Å². The van der Waals surface area contributed by atoms with Crippen molar-refractivity contribution in [3.63, 3.8) is 0 Å². The van der Waals surface area contributed by atoms with E-state index in [-0.39, 0.29) is 53.4 Å². The van der Waals surface area contributed by atoms with E-state index in [4.69, 9.17) is 0 Å². The quantitative estimate of drug-likeness (QED) is 0.0593. The molecule has 7 heteroatoms. The highest BCUT2D eigenvalue weighted by atomic mass is 127. The Labute approximate surface area is 615 Å². The number of rotatable bonds is 18. The third-order valence-corrected chi connectivity index (χ3v) is 35.6. The fraction of sp³-hybridized carbons (Fsp3) is 0.0667. The summed E-state index contributed by atoms with van der Waals surface area (Å²) in [4.78, 5) is 0. The van der Waals surface area contributed by atoms with Crippen molar-refractivity contribution in [2.75, 3.05) is 12.3 Å². The SMILES string of the molecule is Br.CC[P+](c1ccccc1)(c1ccccc1)c1ccccc1.CC[P+](c1ccccc1)(c1ccccc1)c1ccccc1.Cl.I.c1ccc(C[P+](c2ccccc2)(c2ccccc2)c2ccccc2)cc1.c1ccc(C[P+](c2ccccc2)(c2ccccc2)c2ccccc2)cc1. The highest BCUT2D eigenvalue weighted by Gasteiger charge is 2.48. The molecule has 14 aromatic carbocycles. The predicted molar refractivity (Wildman–Crippen MR) is 455 cm³/mol. The van der Waals surface area contributed by atoms with E-state index in [1.165, 1.54) is 74.8 Å². The summed E-state index contributed by atoms with van der Waals surface area (Å²) in [6.07, 6.45) is 4.35. The van der Waals surface area contributed by atoms with Crippen LogP contribution in [0.5, 0.6) is 0 Å². The molecule has 0 nitrogen and oxygen atoms in total. The molecule has 0 aliphatic heterocycles. The lowest BCUT2D eigenvalue weighted by Crippen LogP contribution is -2.32. The topological polar surface area (TPSA) is 0 Å². The Bertz CT molecular complexity index is 3720. The summed E-state index contributed by atoms with van der Waals surface area (Å²) >= 11 is 0. The van der Waals surface area contributed by atoms with Crippen LogP contribution in [0.2, 0.25) is 0 Å². The first-order valence-corrected chi connectivity index (χ1v) is 40.7. The first-order chi connectivity index (χ1) is 46.5. The zero-order chi connectivity index (χ0) is 64.4. The third-order valence-electron chi connectivity index (χ3n) is 17.8. The van der Waals surface area contributed by atoms with Gasteiger partial charge in [0.1, 0.15) is 92.7 Å². The van der Waals surface area contributed by atoms with Gasteiger partial charge < -0.3 is 0 Å². The number of halogens is 3. The molecule has 0 atom stereocenters. The van der Waals surface area contributed by atoms with Crippen molar-refractivity contribution in [1.29, 1.82) is 0 Å². The normalized spacial score (nSPS) is 10.9. The minimum Gasteiger partial charge on any atom is -0.147 e. The van der Waals surface area contributed by atoms with Gasteiger partial charge in [0.25, 0.3) is 0 Å². The maximum Gasteiger partial charge on any atom is 0.116 e. The molecule has 0 radical (unpaired) electrons. The molecule has 14 aromatic rings. The molecule has 0 aliphatic carbocycles. The van der Waals surface area contributed by atoms with Gasteiger partial charge in [-0.2, -0.15) is 0 Å². The summed E-state index contributed by atoms with van der Waals surface area (Å²) in [5.41, 5.74) is 2.77. The zero-order valence-corrected chi connectivity index (χ0v) is 63.7. The fourth-order valence-electron chi connectivity index (χ4n) is 13.3. The lowest BCUT2D eigenvalue weighted by molar-refractivity contribution is 1.39. The van der Waals surface area contributed by atoms with Crippen LogP contribution in [-0.2, 0) is 12.3 Å². The van der Waals surface area contributed by atoms with Gasteiger partial charge in [-0.05, 0) is 171 Å². The molecular formula is C90H87BrClIP4+4. The smallest absolute Gasteiger partial charge is 0.116 e. The zero-order valence-electron chi connectivity index (χ0n) is 55.3. The Morgan fingerprint density at radius 1 is 0.165 bits per heavy atom. The Morgan fingerprint density at radius 3 is 0.381 bits per heavy atom. The standard InChI is InChI=1S/2C25H22P.2C20H20P.BrH.ClH.HI/c2*1-5-13-22(14-6-1)21-26(23-15-7-2-8-16-23,24-17-9-3-10-18-24)25-19-11-4-12-20-25;2*1-2-21(18-12-6-3-7-13-18,19-14-8-4-9-15-19)20-16-10-5-11-17-20;;;/h2*1-20H,21H2;2*3-17H,2H2,1H3;3*1H/q4*+1;;;. The monoisotopic (exact) mass is 1530 g/mol. The Hall–Kier alpha value is -7.70. The van der Waals surface area contributed by atoms with Crippen molar-refractivity contribution in [2.24, 2.45) is 0 Å². The molecule has 0 amide bonds. The number of hydrogen-bond donors (Lipinski definition) is 0. The maximum absolute atomic E-state index is 2.32. The van der Waals surface area contributed by atoms with Crippen LogP contribution < -0.4 is 63.7 Å². The molecule has 0 bridgehead atoms. The Kier molecular flexibility index (Phi) is 29.8. The molecule has 0 saturated heterocycles. The molecule has 0 spiro atoms. The second kappa shape index (κ2) is 38.4. The number of benzene rings is 14. The van der Waals surface area contributed by atoms with Gasteiger partial charge >= 0.3 is 0 Å². The van der Waals surface area contributed by atoms with Gasteiger partial charge in [-0.15, -0.1) is 53.4 Å². The molecule has 484 valence electrons. The summed E-state index contributed by atoms with van der Waals surface area (Å²) in [6, 6.07) is 154. The van der Waals surface area contributed by atoms with Crippen LogP contribution >= 0.6 is 82.4 Å². The van der Waals surface area contributed by atoms with Gasteiger partial charge in [0.2, 0.25) is 0 Å². The largest absolute Gasteiger partial charge is 0.147 e. The van der Waals surface area contributed by atoms with Crippen LogP contribution in [-0.4, -0.2) is 12.3 Å². The van der Waals surface area contributed by atoms with Crippen molar-refractivity contribution < 1.29 is 0 Å². The van der Waals surface area contributed by atoms with Gasteiger partial charge in [0, 0.05) is 0 Å². The molecule has 0 fully saturated rings. The van der Waals surface area contributed by atoms with Crippen molar-refractivity contribution in [2.45, 2.75) is 26.2 Å². The Morgan fingerprint density at radius 2 is 0.268 bits per heavy atom. The van der Waals surface area contributed by atoms with E-state index in [9.17, 15) is 0 Å². The van der Waals surface area contributed by atoms with Crippen LogP contribution in [0.25, 0.3) is 0 Å². The lowest BCUT2D eigenvalue weighted by Gasteiger charge is -2.27. The van der Waals surface area contributed by atoms with Crippen molar-refractivity contribution in [1.82, 2.24) is 0 Å². The van der Waals surface area contributed by atoms with Gasteiger partial charge in [-0.3, -0.25) is 0 Å². The van der Waals surface area contributed by atoms with E-state index in [1.807, 2.05) is 0 Å². The fourth-order valence-corrected chi connectivity index (χ4v) is 29.9. The molecule has 97 heavy (non-hydrogen) atoms. The molecule has 0 aliphatic rings. The minimum atomic E-state index is -1.78. The van der Waals surface area contributed by atoms with E-state index in [0.717, 1.165) is 24.6 Å². The van der Waals surface area contributed by atoms with Crippen molar-refractivity contribution >= 4 is 146 Å². The molecule has 0 saturated carbocycles. The van der Waals surface area contributed by atoms with Crippen molar-refractivity contribution in [3.05, 3.63) is 436 Å². The second-order valence-corrected chi connectivity index (χ2v) is 37.8. The maximum atomic E-state index is 2.32. The van der Waals surface area contributed by atoms with Crippen LogP contribution in [0, 0.1) is 0 Å². The average molecular weight is 1530 g/mol. The first kappa shape index (κ1) is 75.1. The second-order valence-electron chi connectivity index (χ2n) is 23.2. The van der Waals surface area contributed by atoms with E-state index < -0.39 is 29.0 Å². The third kappa shape index (κ3) is 17.8. The molecule has 0 unspecified atom stereocenters. The molecule has 0 heterocycles. The predicted octanol–water partition coefficient (Wildman–Crippen LogP) is 20.0. The summed E-state index contributed by atoms with van der Waals surface area (Å²) in [5, 5.41) is 17.4. The highest BCUT2D eigenvalue weighted by Crippen LogP contribution is 2.60. The average Bonchev–Trinajstić information content (AvgIpc) is 0.781. The van der Waals surface area contributed by atoms with Gasteiger partial charge in [-0.1, -0.05) is 279 Å². The molecule has 14 rings (SSSR count). The van der Waals surface area contributed by atoms with E-state index in [2.05, 4.69) is 438 Å². The van der Waals surface area contributed by atoms with Gasteiger partial charge in [-0.25, -0.2) is 0 Å². The van der Waals surface area contributed by atoms with Crippen LogP contribution in [0.15, 0.2) is 425 Å². The van der Waals surface area contributed by atoms with Gasteiger partial charge in [0.05, 0.1) is 24.6 Å². The molecule has 0 N–H and O–H groups in total. The Balaban J connectivity index is 0.000000164. The lowest BCUT2D eigenvalue weighted by atomic mass is 10.2. The van der Waals surface area contributed by atoms with Crippen LogP contribution in [0.4, 0.5) is 0 Å². The van der Waals surface area contributed by atoms with Crippen LogP contribution in [0.3, 0.4) is 0 Å². The molecular weight excluding hydrogens is 1450 g/mol. The first-order valence-electron chi connectivity index (χ1n) is 32.8. The van der Waals surface area contributed by atoms with E-state index in [0.29, 0.717) is 0 Å².